The van der Waals surface area contributed by atoms with Crippen LogP contribution in [0.25, 0.3) is 0 Å². The third-order valence-electron chi connectivity index (χ3n) is 4.60. The van der Waals surface area contributed by atoms with E-state index in [1.165, 1.54) is 6.07 Å². The van der Waals surface area contributed by atoms with Gasteiger partial charge in [-0.25, -0.2) is 4.39 Å². The minimum Gasteiger partial charge on any atom is -0.393 e. The zero-order valence-corrected chi connectivity index (χ0v) is 10.8. The molecule has 98 valence electrons. The first-order valence-corrected chi connectivity index (χ1v) is 6.79. The lowest BCUT2D eigenvalue weighted by Gasteiger charge is -2.19. The zero-order valence-electron chi connectivity index (χ0n) is 10.8. The number of benzene rings is 1. The molecule has 1 saturated heterocycles. The van der Waals surface area contributed by atoms with E-state index in [0.717, 1.165) is 43.6 Å². The molecule has 0 radical (unpaired) electrons. The fourth-order valence-corrected chi connectivity index (χ4v) is 3.51. The smallest absolute Gasteiger partial charge is 0.123 e. The Morgan fingerprint density at radius 2 is 2.17 bits per heavy atom. The molecule has 1 aromatic carbocycles. The van der Waals surface area contributed by atoms with Crippen LogP contribution in [0.1, 0.15) is 24.0 Å². The molecule has 1 N–H and O–H groups in total. The van der Waals surface area contributed by atoms with E-state index in [9.17, 15) is 9.50 Å². The molecule has 3 heteroatoms. The van der Waals surface area contributed by atoms with Crippen molar-refractivity contribution in [2.45, 2.75) is 32.4 Å². The van der Waals surface area contributed by atoms with Crippen molar-refractivity contribution in [3.63, 3.8) is 0 Å². The van der Waals surface area contributed by atoms with Gasteiger partial charge in [-0.3, -0.25) is 4.90 Å². The van der Waals surface area contributed by atoms with Crippen LogP contribution < -0.4 is 0 Å². The third kappa shape index (κ3) is 2.17. The van der Waals surface area contributed by atoms with Gasteiger partial charge in [-0.1, -0.05) is 6.07 Å². The van der Waals surface area contributed by atoms with Crippen molar-refractivity contribution in [1.82, 2.24) is 4.90 Å². The number of rotatable bonds is 2. The van der Waals surface area contributed by atoms with Crippen LogP contribution in [0, 0.1) is 24.6 Å². The van der Waals surface area contributed by atoms with Gasteiger partial charge in [-0.2, -0.15) is 0 Å². The van der Waals surface area contributed by atoms with Gasteiger partial charge in [0.2, 0.25) is 0 Å². The van der Waals surface area contributed by atoms with Crippen LogP contribution in [0.2, 0.25) is 0 Å². The maximum absolute atomic E-state index is 13.3. The predicted molar refractivity (Wildman–Crippen MR) is 68.6 cm³/mol. The third-order valence-corrected chi connectivity index (χ3v) is 4.60. The van der Waals surface area contributed by atoms with Gasteiger partial charge in [0.25, 0.3) is 0 Å². The van der Waals surface area contributed by atoms with E-state index in [0.29, 0.717) is 11.8 Å². The van der Waals surface area contributed by atoms with Gasteiger partial charge in [0.05, 0.1) is 6.10 Å². The van der Waals surface area contributed by atoms with Crippen molar-refractivity contribution in [2.24, 2.45) is 11.8 Å². The van der Waals surface area contributed by atoms with Crippen LogP contribution in [-0.2, 0) is 6.54 Å². The summed E-state index contributed by atoms with van der Waals surface area (Å²) in [4.78, 5) is 2.36. The van der Waals surface area contributed by atoms with Crippen molar-refractivity contribution >= 4 is 0 Å². The molecule has 2 fully saturated rings. The second-order valence-electron chi connectivity index (χ2n) is 5.83. The first-order chi connectivity index (χ1) is 8.63. The average Bonchev–Trinajstić information content (AvgIpc) is 2.87. The highest BCUT2D eigenvalue weighted by atomic mass is 19.1. The van der Waals surface area contributed by atoms with E-state index < -0.39 is 0 Å². The number of hydrogen-bond donors (Lipinski definition) is 1. The molecule has 2 aliphatic rings. The Morgan fingerprint density at radius 1 is 1.33 bits per heavy atom. The Kier molecular flexibility index (Phi) is 3.12. The van der Waals surface area contributed by atoms with Crippen LogP contribution in [-0.4, -0.2) is 29.2 Å². The summed E-state index contributed by atoms with van der Waals surface area (Å²) < 4.78 is 13.3. The van der Waals surface area contributed by atoms with E-state index in [1.54, 1.807) is 6.07 Å². The monoisotopic (exact) mass is 249 g/mol. The Labute approximate surface area is 107 Å². The molecule has 1 aliphatic carbocycles. The molecule has 18 heavy (non-hydrogen) atoms. The highest BCUT2D eigenvalue weighted by Gasteiger charge is 2.41. The summed E-state index contributed by atoms with van der Waals surface area (Å²) in [7, 11) is 0. The summed E-state index contributed by atoms with van der Waals surface area (Å²) in [6.07, 6.45) is 1.99. The fraction of sp³-hybridized carbons (Fsp3) is 0.600. The van der Waals surface area contributed by atoms with Gasteiger partial charge < -0.3 is 5.11 Å². The van der Waals surface area contributed by atoms with Crippen molar-refractivity contribution < 1.29 is 9.50 Å². The van der Waals surface area contributed by atoms with Crippen LogP contribution >= 0.6 is 0 Å². The number of hydrogen-bond acceptors (Lipinski definition) is 2. The number of aryl methyl sites for hydroxylation is 1. The lowest BCUT2D eigenvalue weighted by Crippen LogP contribution is -2.24. The molecule has 0 spiro atoms. The molecule has 2 nitrogen and oxygen atoms in total. The van der Waals surface area contributed by atoms with E-state index in [4.69, 9.17) is 0 Å². The highest BCUT2D eigenvalue weighted by molar-refractivity contribution is 5.26. The minimum atomic E-state index is -0.157. The first kappa shape index (κ1) is 12.1. The maximum atomic E-state index is 13.3. The molecule has 3 atom stereocenters. The minimum absolute atomic E-state index is 0.117. The predicted octanol–water partition coefficient (Wildman–Crippen LogP) is 2.34. The standard InChI is InChI=1S/C15H20FNO/c1-10-2-4-13(16)6-12(10)8-17-7-11-3-5-15(18)14(11)9-17/h2,4,6,11,14-15,18H,3,5,7-9H2,1H3. The molecular weight excluding hydrogens is 229 g/mol. The van der Waals surface area contributed by atoms with Crippen molar-refractivity contribution in [1.29, 1.82) is 0 Å². The topological polar surface area (TPSA) is 23.5 Å². The SMILES string of the molecule is Cc1ccc(F)cc1CN1CC2CCC(O)C2C1. The fourth-order valence-electron chi connectivity index (χ4n) is 3.51. The largest absolute Gasteiger partial charge is 0.393 e. The van der Waals surface area contributed by atoms with Gasteiger partial charge in [0.15, 0.2) is 0 Å². The number of fused-ring (bicyclic) bond motifs is 1. The maximum Gasteiger partial charge on any atom is 0.123 e. The van der Waals surface area contributed by atoms with Crippen LogP contribution in [0.5, 0.6) is 0 Å². The van der Waals surface area contributed by atoms with E-state index >= 15 is 0 Å². The molecule has 0 amide bonds. The average molecular weight is 249 g/mol. The van der Waals surface area contributed by atoms with Gasteiger partial charge in [-0.05, 0) is 48.9 Å². The summed E-state index contributed by atoms with van der Waals surface area (Å²) in [5.74, 6) is 0.933. The normalized spacial score (nSPS) is 31.8. The Balaban J connectivity index is 1.69. The van der Waals surface area contributed by atoms with Gasteiger partial charge in [-0.15, -0.1) is 0 Å². The van der Waals surface area contributed by atoms with Gasteiger partial charge in [0, 0.05) is 25.6 Å². The molecule has 1 saturated carbocycles. The first-order valence-electron chi connectivity index (χ1n) is 6.79. The van der Waals surface area contributed by atoms with Crippen molar-refractivity contribution in [3.05, 3.63) is 35.1 Å². The number of aliphatic hydroxyl groups is 1. The number of halogens is 1. The zero-order chi connectivity index (χ0) is 12.7. The lowest BCUT2D eigenvalue weighted by atomic mass is 10.00. The summed E-state index contributed by atoms with van der Waals surface area (Å²) in [6.45, 7) is 4.85. The van der Waals surface area contributed by atoms with Crippen molar-refractivity contribution in [3.8, 4) is 0 Å². The summed E-state index contributed by atoms with van der Waals surface area (Å²) in [6, 6.07) is 5.00. The molecule has 0 aromatic heterocycles. The molecule has 1 heterocycles. The summed E-state index contributed by atoms with van der Waals surface area (Å²) in [5.41, 5.74) is 2.22. The van der Waals surface area contributed by atoms with Crippen LogP contribution in [0.4, 0.5) is 4.39 Å². The van der Waals surface area contributed by atoms with E-state index in [1.807, 2.05) is 13.0 Å². The van der Waals surface area contributed by atoms with Crippen LogP contribution in [0.15, 0.2) is 18.2 Å². The number of nitrogens with zero attached hydrogens (tertiary/aromatic N) is 1. The van der Waals surface area contributed by atoms with Crippen molar-refractivity contribution in [2.75, 3.05) is 13.1 Å². The van der Waals surface area contributed by atoms with Gasteiger partial charge in [0.1, 0.15) is 5.82 Å². The number of aliphatic hydroxyl groups excluding tert-OH is 1. The van der Waals surface area contributed by atoms with E-state index in [-0.39, 0.29) is 11.9 Å². The van der Waals surface area contributed by atoms with Gasteiger partial charge >= 0.3 is 0 Å². The second-order valence-corrected chi connectivity index (χ2v) is 5.83. The molecular formula is C15H20FNO. The van der Waals surface area contributed by atoms with E-state index in [2.05, 4.69) is 4.90 Å². The Hall–Kier alpha value is -0.930. The summed E-state index contributed by atoms with van der Waals surface area (Å²) >= 11 is 0. The highest BCUT2D eigenvalue weighted by Crippen LogP contribution is 2.38. The lowest BCUT2D eigenvalue weighted by molar-refractivity contribution is 0.123. The van der Waals surface area contributed by atoms with Crippen LogP contribution in [0.3, 0.4) is 0 Å². The quantitative estimate of drug-likeness (QED) is 0.869. The second kappa shape index (κ2) is 4.63. The Bertz CT molecular complexity index is 448. The molecule has 1 aromatic rings. The molecule has 3 unspecified atom stereocenters. The molecule has 1 aliphatic heterocycles. The number of likely N-dealkylation sites (tertiary alicyclic amines) is 1. The molecule has 0 bridgehead atoms. The summed E-state index contributed by atoms with van der Waals surface area (Å²) in [5, 5.41) is 9.90. The molecule has 3 rings (SSSR count). The Morgan fingerprint density at radius 3 is 2.94 bits per heavy atom.